The van der Waals surface area contributed by atoms with Gasteiger partial charge in [0, 0.05) is 22.7 Å². The van der Waals surface area contributed by atoms with Gasteiger partial charge in [0.1, 0.15) is 5.69 Å². The standard InChI is InChI=1S/C19H13Cl2N5O2/c20-14-6-11-18(17(21)12-14)25-23-19(13-4-2-1-3-5-13)22-24(25)15-7-9-16(10-8-15)26(27)28/h1-12H,(H,22,23). The fourth-order valence-electron chi connectivity index (χ4n) is 2.72. The van der Waals surface area contributed by atoms with E-state index < -0.39 is 4.92 Å². The van der Waals surface area contributed by atoms with E-state index >= 15 is 0 Å². The van der Waals surface area contributed by atoms with Gasteiger partial charge in [-0.15, -0.1) is 5.10 Å². The van der Waals surface area contributed by atoms with Crippen LogP contribution in [-0.4, -0.2) is 10.8 Å². The first-order chi connectivity index (χ1) is 13.5. The quantitative estimate of drug-likeness (QED) is 0.480. The average molecular weight is 414 g/mol. The van der Waals surface area contributed by atoms with Crippen LogP contribution in [0.5, 0.6) is 0 Å². The highest BCUT2D eigenvalue weighted by Crippen LogP contribution is 2.33. The van der Waals surface area contributed by atoms with Gasteiger partial charge in [-0.3, -0.25) is 15.5 Å². The molecule has 1 N–H and O–H groups in total. The molecule has 0 bridgehead atoms. The number of hydrogen-bond donors (Lipinski definition) is 1. The monoisotopic (exact) mass is 413 g/mol. The number of hydrazine groups is 2. The molecule has 1 heterocycles. The normalized spacial score (nSPS) is 13.3. The fourth-order valence-corrected chi connectivity index (χ4v) is 3.21. The van der Waals surface area contributed by atoms with E-state index in [4.69, 9.17) is 23.2 Å². The zero-order valence-electron chi connectivity index (χ0n) is 14.3. The predicted molar refractivity (Wildman–Crippen MR) is 111 cm³/mol. The van der Waals surface area contributed by atoms with Crippen LogP contribution < -0.4 is 15.7 Å². The molecule has 0 fully saturated rings. The van der Waals surface area contributed by atoms with Crippen LogP contribution in [0.15, 0.2) is 77.9 Å². The summed E-state index contributed by atoms with van der Waals surface area (Å²) in [5.74, 6) is 0.602. The summed E-state index contributed by atoms with van der Waals surface area (Å²) in [6.07, 6.45) is 0. The molecule has 9 heteroatoms. The number of hydrogen-bond acceptors (Lipinski definition) is 6. The van der Waals surface area contributed by atoms with Crippen LogP contribution in [0.25, 0.3) is 0 Å². The Labute approximate surface area is 170 Å². The van der Waals surface area contributed by atoms with Crippen molar-refractivity contribution >= 4 is 46.1 Å². The number of nitrogens with one attached hydrogen (secondary N) is 1. The third-order valence-corrected chi connectivity index (χ3v) is 4.61. The van der Waals surface area contributed by atoms with Crippen LogP contribution in [0.1, 0.15) is 5.56 Å². The molecule has 0 saturated heterocycles. The van der Waals surface area contributed by atoms with Crippen molar-refractivity contribution < 1.29 is 4.92 Å². The molecule has 0 unspecified atom stereocenters. The van der Waals surface area contributed by atoms with Gasteiger partial charge >= 0.3 is 0 Å². The second kappa shape index (κ2) is 7.38. The number of amidine groups is 1. The number of non-ortho nitro benzene ring substituents is 1. The first-order valence-corrected chi connectivity index (χ1v) is 8.99. The topological polar surface area (TPSA) is 74.0 Å². The highest BCUT2D eigenvalue weighted by atomic mass is 35.5. The van der Waals surface area contributed by atoms with Gasteiger partial charge in [0.15, 0.2) is 5.84 Å². The first-order valence-electron chi connectivity index (χ1n) is 8.23. The maximum absolute atomic E-state index is 10.9. The van der Waals surface area contributed by atoms with E-state index in [-0.39, 0.29) is 5.69 Å². The van der Waals surface area contributed by atoms with Gasteiger partial charge < -0.3 is 0 Å². The van der Waals surface area contributed by atoms with E-state index in [1.807, 2.05) is 30.3 Å². The molecule has 0 amide bonds. The zero-order chi connectivity index (χ0) is 19.7. The fraction of sp³-hybridized carbons (Fsp3) is 0. The van der Waals surface area contributed by atoms with Crippen LogP contribution in [-0.2, 0) is 0 Å². The van der Waals surface area contributed by atoms with Gasteiger partial charge in [-0.1, -0.05) is 53.5 Å². The molecule has 7 nitrogen and oxygen atoms in total. The lowest BCUT2D eigenvalue weighted by molar-refractivity contribution is -0.384. The molecule has 0 aromatic heterocycles. The number of hydrazone groups is 1. The first kappa shape index (κ1) is 18.1. The Kier molecular flexibility index (Phi) is 4.77. The van der Waals surface area contributed by atoms with Crippen molar-refractivity contribution in [2.24, 2.45) is 5.10 Å². The minimum Gasteiger partial charge on any atom is -0.259 e. The molecule has 0 atom stereocenters. The molecule has 0 aliphatic carbocycles. The van der Waals surface area contributed by atoms with Crippen molar-refractivity contribution in [3.8, 4) is 0 Å². The maximum atomic E-state index is 10.9. The Balaban J connectivity index is 1.77. The molecule has 1 aliphatic heterocycles. The average Bonchev–Trinajstić information content (AvgIpc) is 3.14. The van der Waals surface area contributed by atoms with Gasteiger partial charge in [0.25, 0.3) is 5.69 Å². The van der Waals surface area contributed by atoms with Crippen LogP contribution in [0.2, 0.25) is 10.0 Å². The van der Waals surface area contributed by atoms with E-state index in [2.05, 4.69) is 10.5 Å². The predicted octanol–water partition coefficient (Wildman–Crippen LogP) is 5.01. The molecule has 4 rings (SSSR count). The molecule has 28 heavy (non-hydrogen) atoms. The number of anilines is 2. The maximum Gasteiger partial charge on any atom is 0.269 e. The van der Waals surface area contributed by atoms with E-state index in [1.54, 1.807) is 40.6 Å². The van der Waals surface area contributed by atoms with Crippen molar-refractivity contribution in [2.75, 3.05) is 10.2 Å². The van der Waals surface area contributed by atoms with Gasteiger partial charge in [0.05, 0.1) is 15.6 Å². The Hall–Kier alpha value is -3.29. The van der Waals surface area contributed by atoms with Crippen molar-refractivity contribution in [2.45, 2.75) is 0 Å². The van der Waals surface area contributed by atoms with Crippen molar-refractivity contribution in [3.05, 3.63) is 98.5 Å². The van der Waals surface area contributed by atoms with E-state index in [0.717, 1.165) is 5.56 Å². The van der Waals surface area contributed by atoms with Crippen LogP contribution >= 0.6 is 23.2 Å². The molecule has 0 spiro atoms. The van der Waals surface area contributed by atoms with Gasteiger partial charge in [-0.25, -0.2) is 0 Å². The number of nitro groups is 1. The van der Waals surface area contributed by atoms with E-state index in [0.29, 0.717) is 27.3 Å². The van der Waals surface area contributed by atoms with Gasteiger partial charge in [-0.2, -0.15) is 10.2 Å². The summed E-state index contributed by atoms with van der Waals surface area (Å²) in [7, 11) is 0. The Morgan fingerprint density at radius 2 is 1.68 bits per heavy atom. The zero-order valence-corrected chi connectivity index (χ0v) is 15.8. The third kappa shape index (κ3) is 3.45. The molecule has 0 saturated carbocycles. The lowest BCUT2D eigenvalue weighted by atomic mass is 10.2. The van der Waals surface area contributed by atoms with Crippen molar-refractivity contribution in [1.29, 1.82) is 0 Å². The Bertz CT molecular complexity index is 1060. The summed E-state index contributed by atoms with van der Waals surface area (Å²) in [4.78, 5) is 10.5. The second-order valence-corrected chi connectivity index (χ2v) is 6.74. The van der Waals surface area contributed by atoms with Crippen LogP contribution in [0.3, 0.4) is 0 Å². The van der Waals surface area contributed by atoms with E-state index in [1.165, 1.54) is 12.1 Å². The number of nitro benzene ring substituents is 1. The molecule has 3 aromatic carbocycles. The lowest BCUT2D eigenvalue weighted by Crippen LogP contribution is -2.44. The lowest BCUT2D eigenvalue weighted by Gasteiger charge is -2.28. The van der Waals surface area contributed by atoms with Crippen LogP contribution in [0, 0.1) is 10.1 Å². The SMILES string of the molecule is O=[N+]([O-])c1ccc(N2N=C(c3ccccc3)NN2c2ccc(Cl)cc2Cl)cc1. The summed E-state index contributed by atoms with van der Waals surface area (Å²) >= 11 is 12.4. The molecule has 3 aromatic rings. The minimum absolute atomic E-state index is 0.000700. The smallest absolute Gasteiger partial charge is 0.259 e. The summed E-state index contributed by atoms with van der Waals surface area (Å²) in [5, 5.41) is 19.8. The second-order valence-electron chi connectivity index (χ2n) is 5.90. The third-order valence-electron chi connectivity index (χ3n) is 4.07. The number of nitrogens with zero attached hydrogens (tertiary/aromatic N) is 4. The number of halogens is 2. The minimum atomic E-state index is -0.446. The molecule has 1 aliphatic rings. The van der Waals surface area contributed by atoms with Crippen molar-refractivity contribution in [3.63, 3.8) is 0 Å². The van der Waals surface area contributed by atoms with E-state index in [9.17, 15) is 10.1 Å². The summed E-state index contributed by atoms with van der Waals surface area (Å²) in [5.41, 5.74) is 5.34. The molecule has 0 radical (unpaired) electrons. The summed E-state index contributed by atoms with van der Waals surface area (Å²) < 4.78 is 0. The molecular formula is C19H13Cl2N5O2. The Morgan fingerprint density at radius 3 is 2.32 bits per heavy atom. The van der Waals surface area contributed by atoms with Crippen molar-refractivity contribution in [1.82, 2.24) is 5.43 Å². The number of benzene rings is 3. The summed E-state index contributed by atoms with van der Waals surface area (Å²) in [6, 6.07) is 20.8. The van der Waals surface area contributed by atoms with Gasteiger partial charge in [0.2, 0.25) is 0 Å². The molecular weight excluding hydrogens is 401 g/mol. The highest BCUT2D eigenvalue weighted by Gasteiger charge is 2.28. The summed E-state index contributed by atoms with van der Waals surface area (Å²) in [6.45, 7) is 0. The molecule has 140 valence electrons. The Morgan fingerprint density at radius 1 is 0.964 bits per heavy atom. The van der Waals surface area contributed by atoms with Crippen LogP contribution in [0.4, 0.5) is 17.1 Å². The number of rotatable bonds is 4. The largest absolute Gasteiger partial charge is 0.269 e. The highest BCUT2D eigenvalue weighted by molar-refractivity contribution is 6.36. The van der Waals surface area contributed by atoms with Gasteiger partial charge in [-0.05, 0) is 30.3 Å².